The number of halogens is 5. The first-order valence-electron chi connectivity index (χ1n) is 9.38. The third-order valence-corrected chi connectivity index (χ3v) is 4.05. The van der Waals surface area contributed by atoms with E-state index in [0.717, 1.165) is 25.0 Å². The fourth-order valence-electron chi connectivity index (χ4n) is 2.47. The van der Waals surface area contributed by atoms with Gasteiger partial charge >= 0.3 is 6.11 Å². The van der Waals surface area contributed by atoms with Gasteiger partial charge in [0.05, 0.1) is 19.0 Å². The summed E-state index contributed by atoms with van der Waals surface area (Å²) in [5.74, 6) is 0.379. The minimum absolute atomic E-state index is 0.314. The smallest absolute Gasteiger partial charge is 0.435 e. The van der Waals surface area contributed by atoms with Gasteiger partial charge in [0, 0.05) is 5.56 Å². The molecular weight excluding hydrogens is 395 g/mol. The maximum absolute atomic E-state index is 13.3. The van der Waals surface area contributed by atoms with Gasteiger partial charge < -0.3 is 9.47 Å². The summed E-state index contributed by atoms with van der Waals surface area (Å²) in [7, 11) is 0. The highest BCUT2D eigenvalue weighted by molar-refractivity contribution is 5.56. The molecule has 0 saturated carbocycles. The zero-order valence-electron chi connectivity index (χ0n) is 16.0. The van der Waals surface area contributed by atoms with E-state index in [1.807, 2.05) is 0 Å². The third-order valence-electron chi connectivity index (χ3n) is 4.05. The molecule has 0 aliphatic rings. The molecule has 0 aliphatic carbocycles. The average molecular weight is 418 g/mol. The van der Waals surface area contributed by atoms with E-state index in [-0.39, 0.29) is 0 Å². The van der Waals surface area contributed by atoms with Crippen molar-refractivity contribution < 1.29 is 31.4 Å². The second-order valence-corrected chi connectivity index (χ2v) is 6.43. The SMILES string of the molecule is CCCCCCCOc1cnc(-c2ccc(OC(F)(F)C(F)C(F)F)cc2)nc1. The monoisotopic (exact) mass is 418 g/mol. The number of ether oxygens (including phenoxy) is 2. The fourth-order valence-corrected chi connectivity index (χ4v) is 2.47. The molecule has 29 heavy (non-hydrogen) atoms. The molecule has 0 aliphatic heterocycles. The van der Waals surface area contributed by atoms with Crippen LogP contribution in [0.15, 0.2) is 36.7 Å². The number of alkyl halides is 5. The molecule has 0 saturated heterocycles. The van der Waals surface area contributed by atoms with E-state index in [9.17, 15) is 22.0 Å². The summed E-state index contributed by atoms with van der Waals surface area (Å²) in [6.45, 7) is 2.72. The van der Waals surface area contributed by atoms with Crippen LogP contribution in [0.2, 0.25) is 0 Å². The van der Waals surface area contributed by atoms with E-state index in [1.54, 1.807) is 0 Å². The Hall–Kier alpha value is -2.45. The van der Waals surface area contributed by atoms with Crippen molar-refractivity contribution in [3.63, 3.8) is 0 Å². The van der Waals surface area contributed by atoms with Gasteiger partial charge in [-0.3, -0.25) is 0 Å². The maximum atomic E-state index is 13.3. The van der Waals surface area contributed by atoms with Crippen molar-refractivity contribution in [2.45, 2.75) is 57.7 Å². The number of nitrogens with zero attached hydrogens (tertiary/aromatic N) is 2. The van der Waals surface area contributed by atoms with Crippen molar-refractivity contribution >= 4 is 0 Å². The van der Waals surface area contributed by atoms with Crippen LogP contribution in [0.5, 0.6) is 11.5 Å². The van der Waals surface area contributed by atoms with Crippen LogP contribution in [0.3, 0.4) is 0 Å². The summed E-state index contributed by atoms with van der Waals surface area (Å²) >= 11 is 0. The van der Waals surface area contributed by atoms with E-state index in [0.29, 0.717) is 23.7 Å². The maximum Gasteiger partial charge on any atom is 0.435 e. The molecule has 1 atom stereocenters. The molecule has 0 amide bonds. The largest absolute Gasteiger partial charge is 0.490 e. The van der Waals surface area contributed by atoms with Gasteiger partial charge in [-0.25, -0.2) is 23.1 Å². The molecule has 0 bridgehead atoms. The molecule has 1 heterocycles. The van der Waals surface area contributed by atoms with Gasteiger partial charge in [-0.05, 0) is 30.7 Å². The van der Waals surface area contributed by atoms with Crippen molar-refractivity contribution in [3.8, 4) is 22.9 Å². The number of hydrogen-bond acceptors (Lipinski definition) is 4. The Labute approximate surface area is 166 Å². The van der Waals surface area contributed by atoms with E-state index in [4.69, 9.17) is 4.74 Å². The number of benzene rings is 1. The van der Waals surface area contributed by atoms with Crippen molar-refractivity contribution in [1.29, 1.82) is 0 Å². The Bertz CT molecular complexity index is 727. The van der Waals surface area contributed by atoms with E-state index in [1.165, 1.54) is 43.8 Å². The van der Waals surface area contributed by atoms with E-state index in [2.05, 4.69) is 21.6 Å². The highest BCUT2D eigenvalue weighted by atomic mass is 19.3. The van der Waals surface area contributed by atoms with Gasteiger partial charge in [0.1, 0.15) is 5.75 Å². The first kappa shape index (κ1) is 22.8. The Kier molecular flexibility index (Phi) is 8.60. The molecule has 1 unspecified atom stereocenters. The lowest BCUT2D eigenvalue weighted by molar-refractivity contribution is -0.244. The van der Waals surface area contributed by atoms with Gasteiger partial charge in [0.15, 0.2) is 11.6 Å². The molecule has 2 rings (SSSR count). The third kappa shape index (κ3) is 7.14. The van der Waals surface area contributed by atoms with Crippen LogP contribution in [0.4, 0.5) is 22.0 Å². The first-order chi connectivity index (χ1) is 13.8. The summed E-state index contributed by atoms with van der Waals surface area (Å²) in [6, 6.07) is 4.94. The summed E-state index contributed by atoms with van der Waals surface area (Å²) < 4.78 is 73.4. The standard InChI is InChI=1S/C20H23F5N2O2/c1-2-3-4-5-6-11-28-16-12-26-19(27-13-16)14-7-9-15(10-8-14)29-20(24,25)17(21)18(22)23/h7-10,12-13,17-18H,2-6,11H2,1H3. The molecule has 2 aromatic rings. The molecule has 0 radical (unpaired) electrons. The summed E-state index contributed by atoms with van der Waals surface area (Å²) in [6.07, 6.45) is -3.60. The van der Waals surface area contributed by atoms with Crippen LogP contribution in [0, 0.1) is 0 Å². The molecule has 0 spiro atoms. The lowest BCUT2D eigenvalue weighted by Crippen LogP contribution is -2.40. The number of hydrogen-bond donors (Lipinski definition) is 0. The number of unbranched alkanes of at least 4 members (excludes halogenated alkanes) is 4. The average Bonchev–Trinajstić information content (AvgIpc) is 2.71. The van der Waals surface area contributed by atoms with Crippen molar-refractivity contribution in [2.24, 2.45) is 0 Å². The van der Waals surface area contributed by atoms with Gasteiger partial charge in [-0.2, -0.15) is 8.78 Å². The van der Waals surface area contributed by atoms with Crippen LogP contribution in [-0.4, -0.2) is 35.3 Å². The lowest BCUT2D eigenvalue weighted by Gasteiger charge is -2.20. The van der Waals surface area contributed by atoms with Gasteiger partial charge in [-0.15, -0.1) is 0 Å². The topological polar surface area (TPSA) is 44.2 Å². The molecule has 0 fully saturated rings. The van der Waals surface area contributed by atoms with E-state index >= 15 is 0 Å². The summed E-state index contributed by atoms with van der Waals surface area (Å²) in [4.78, 5) is 8.30. The Morgan fingerprint density at radius 3 is 2.10 bits per heavy atom. The van der Waals surface area contributed by atoms with Crippen LogP contribution < -0.4 is 9.47 Å². The molecule has 4 nitrogen and oxygen atoms in total. The summed E-state index contributed by atoms with van der Waals surface area (Å²) in [5, 5.41) is 0. The van der Waals surface area contributed by atoms with Crippen LogP contribution in [0.25, 0.3) is 11.4 Å². The van der Waals surface area contributed by atoms with Crippen LogP contribution in [-0.2, 0) is 0 Å². The summed E-state index contributed by atoms with van der Waals surface area (Å²) in [5.41, 5.74) is 0.484. The quantitative estimate of drug-likeness (QED) is 0.310. The molecule has 160 valence electrons. The van der Waals surface area contributed by atoms with Crippen LogP contribution >= 0.6 is 0 Å². The van der Waals surface area contributed by atoms with Gasteiger partial charge in [-0.1, -0.05) is 32.6 Å². The number of aromatic nitrogens is 2. The van der Waals surface area contributed by atoms with Crippen LogP contribution in [0.1, 0.15) is 39.0 Å². The minimum Gasteiger partial charge on any atom is -0.490 e. The number of rotatable bonds is 12. The molecule has 1 aromatic carbocycles. The minimum atomic E-state index is -4.64. The Morgan fingerprint density at radius 1 is 0.897 bits per heavy atom. The normalized spacial score (nSPS) is 12.8. The molecule has 1 aromatic heterocycles. The van der Waals surface area contributed by atoms with Gasteiger partial charge in [0.2, 0.25) is 0 Å². The molecule has 0 N–H and O–H groups in total. The van der Waals surface area contributed by atoms with Gasteiger partial charge in [0.25, 0.3) is 12.6 Å². The lowest BCUT2D eigenvalue weighted by atomic mass is 10.2. The molecule has 9 heteroatoms. The van der Waals surface area contributed by atoms with E-state index < -0.39 is 24.5 Å². The predicted octanol–water partition coefficient (Wildman–Crippen LogP) is 6.07. The van der Waals surface area contributed by atoms with Crippen molar-refractivity contribution in [2.75, 3.05) is 6.61 Å². The second kappa shape index (κ2) is 10.9. The predicted molar refractivity (Wildman–Crippen MR) is 98.2 cm³/mol. The van der Waals surface area contributed by atoms with Crippen molar-refractivity contribution in [3.05, 3.63) is 36.7 Å². The first-order valence-corrected chi connectivity index (χ1v) is 9.38. The van der Waals surface area contributed by atoms with Crippen molar-refractivity contribution in [1.82, 2.24) is 9.97 Å². The zero-order chi connectivity index (χ0) is 21.3. The Balaban J connectivity index is 1.89. The Morgan fingerprint density at radius 2 is 1.52 bits per heavy atom. The fraction of sp³-hybridized carbons (Fsp3) is 0.500. The second-order valence-electron chi connectivity index (χ2n) is 6.43. The highest BCUT2D eigenvalue weighted by Gasteiger charge is 2.49. The highest BCUT2D eigenvalue weighted by Crippen LogP contribution is 2.31. The zero-order valence-corrected chi connectivity index (χ0v) is 16.0. The molecular formula is C20H23F5N2O2.